The molecule has 2 heterocycles. The molecule has 21 heavy (non-hydrogen) atoms. The molecule has 2 nitrogen and oxygen atoms in total. The number of halogens is 1. The second-order valence-corrected chi connectivity index (χ2v) is 5.71. The normalized spacial score (nSPS) is 15.3. The maximum atomic E-state index is 13.0. The molecule has 1 aliphatic heterocycles. The smallest absolute Gasteiger partial charge is 0.123 e. The van der Waals surface area contributed by atoms with E-state index in [0.29, 0.717) is 0 Å². The van der Waals surface area contributed by atoms with Gasteiger partial charge in [0.15, 0.2) is 0 Å². The van der Waals surface area contributed by atoms with Gasteiger partial charge in [-0.25, -0.2) is 4.39 Å². The summed E-state index contributed by atoms with van der Waals surface area (Å²) < 4.78 is 13.0. The van der Waals surface area contributed by atoms with Crippen LogP contribution in [-0.4, -0.2) is 16.4 Å². The lowest BCUT2D eigenvalue weighted by Crippen LogP contribution is -2.29. The Bertz CT molecular complexity index is 774. The molecule has 2 aromatic carbocycles. The highest BCUT2D eigenvalue weighted by molar-refractivity contribution is 5.84. The lowest BCUT2D eigenvalue weighted by Gasteiger charge is -2.27. The zero-order chi connectivity index (χ0) is 14.2. The first-order chi connectivity index (χ1) is 10.3. The van der Waals surface area contributed by atoms with Crippen molar-refractivity contribution in [2.45, 2.75) is 19.5 Å². The number of aromatic nitrogens is 1. The lowest BCUT2D eigenvalue weighted by molar-refractivity contribution is 0.243. The Hall–Kier alpha value is -2.13. The highest BCUT2D eigenvalue weighted by Gasteiger charge is 2.20. The Kier molecular flexibility index (Phi) is 3.00. The predicted octanol–water partition coefficient (Wildman–Crippen LogP) is 3.87. The summed E-state index contributed by atoms with van der Waals surface area (Å²) in [5.41, 5.74) is 5.17. The maximum Gasteiger partial charge on any atom is 0.123 e. The van der Waals surface area contributed by atoms with Crippen LogP contribution in [-0.2, 0) is 19.5 Å². The zero-order valence-electron chi connectivity index (χ0n) is 11.8. The summed E-state index contributed by atoms with van der Waals surface area (Å²) in [5, 5.41) is 1.36. The van der Waals surface area contributed by atoms with Gasteiger partial charge >= 0.3 is 0 Å². The summed E-state index contributed by atoms with van der Waals surface area (Å²) >= 11 is 0. The zero-order valence-corrected chi connectivity index (χ0v) is 11.8. The van der Waals surface area contributed by atoms with Gasteiger partial charge in [0, 0.05) is 36.2 Å². The predicted molar refractivity (Wildman–Crippen MR) is 82.5 cm³/mol. The average Bonchev–Trinajstić information content (AvgIpc) is 2.87. The van der Waals surface area contributed by atoms with Crippen molar-refractivity contribution in [3.63, 3.8) is 0 Å². The van der Waals surface area contributed by atoms with Gasteiger partial charge in [-0.05, 0) is 35.7 Å². The minimum absolute atomic E-state index is 0.171. The summed E-state index contributed by atoms with van der Waals surface area (Å²) in [6.45, 7) is 2.85. The van der Waals surface area contributed by atoms with Gasteiger partial charge in [0.25, 0.3) is 0 Å². The van der Waals surface area contributed by atoms with Gasteiger partial charge in [-0.3, -0.25) is 4.90 Å². The van der Waals surface area contributed by atoms with Crippen molar-refractivity contribution >= 4 is 10.9 Å². The van der Waals surface area contributed by atoms with Crippen LogP contribution in [0.25, 0.3) is 10.9 Å². The molecular weight excluding hydrogens is 263 g/mol. The first-order valence-corrected chi connectivity index (χ1v) is 7.35. The SMILES string of the molecule is Fc1ccc(CN2CCc3c([nH]c4ccccc34)C2)cc1. The van der Waals surface area contributed by atoms with E-state index in [1.807, 2.05) is 12.1 Å². The third kappa shape index (κ3) is 2.34. The van der Waals surface area contributed by atoms with Crippen LogP contribution in [0.5, 0.6) is 0 Å². The number of hydrogen-bond acceptors (Lipinski definition) is 1. The fourth-order valence-electron chi connectivity index (χ4n) is 3.23. The van der Waals surface area contributed by atoms with E-state index >= 15 is 0 Å². The number of nitrogens with one attached hydrogen (secondary N) is 1. The van der Waals surface area contributed by atoms with Gasteiger partial charge in [0.05, 0.1) is 0 Å². The molecule has 0 fully saturated rings. The highest BCUT2D eigenvalue weighted by atomic mass is 19.1. The van der Waals surface area contributed by atoms with E-state index in [4.69, 9.17) is 0 Å². The van der Waals surface area contributed by atoms with Crippen molar-refractivity contribution in [3.8, 4) is 0 Å². The van der Waals surface area contributed by atoms with E-state index in [1.54, 1.807) is 0 Å². The number of benzene rings is 2. The van der Waals surface area contributed by atoms with Crippen LogP contribution in [0.15, 0.2) is 48.5 Å². The van der Waals surface area contributed by atoms with E-state index in [1.165, 1.54) is 34.3 Å². The minimum Gasteiger partial charge on any atom is -0.357 e. The first kappa shape index (κ1) is 12.6. The number of aromatic amines is 1. The number of nitrogens with zero attached hydrogens (tertiary/aromatic N) is 1. The molecule has 0 aliphatic carbocycles. The largest absolute Gasteiger partial charge is 0.357 e. The average molecular weight is 280 g/mol. The Balaban J connectivity index is 1.57. The van der Waals surface area contributed by atoms with E-state index in [-0.39, 0.29) is 5.82 Å². The van der Waals surface area contributed by atoms with Gasteiger partial charge in [-0.15, -0.1) is 0 Å². The number of fused-ring (bicyclic) bond motifs is 3. The minimum atomic E-state index is -0.171. The van der Waals surface area contributed by atoms with E-state index < -0.39 is 0 Å². The monoisotopic (exact) mass is 280 g/mol. The fraction of sp³-hybridized carbons (Fsp3) is 0.222. The number of H-pyrrole nitrogens is 1. The molecule has 0 radical (unpaired) electrons. The molecular formula is C18H17FN2. The third-order valence-electron chi connectivity index (χ3n) is 4.28. The number of para-hydroxylation sites is 1. The second-order valence-electron chi connectivity index (χ2n) is 5.71. The molecule has 0 spiro atoms. The van der Waals surface area contributed by atoms with Crippen LogP contribution in [0.1, 0.15) is 16.8 Å². The van der Waals surface area contributed by atoms with Crippen molar-refractivity contribution < 1.29 is 4.39 Å². The van der Waals surface area contributed by atoms with Crippen molar-refractivity contribution in [2.75, 3.05) is 6.54 Å². The van der Waals surface area contributed by atoms with E-state index in [0.717, 1.165) is 31.6 Å². The van der Waals surface area contributed by atoms with Crippen LogP contribution >= 0.6 is 0 Å². The van der Waals surface area contributed by atoms with Gasteiger partial charge in [-0.2, -0.15) is 0 Å². The number of rotatable bonds is 2. The molecule has 0 saturated carbocycles. The van der Waals surface area contributed by atoms with Crippen molar-refractivity contribution in [3.05, 3.63) is 71.2 Å². The van der Waals surface area contributed by atoms with Crippen molar-refractivity contribution in [1.29, 1.82) is 0 Å². The molecule has 0 bridgehead atoms. The fourth-order valence-corrected chi connectivity index (χ4v) is 3.23. The van der Waals surface area contributed by atoms with E-state index in [9.17, 15) is 4.39 Å². The summed E-state index contributed by atoms with van der Waals surface area (Å²) in [7, 11) is 0. The summed E-state index contributed by atoms with van der Waals surface area (Å²) in [6.07, 6.45) is 1.07. The molecule has 4 rings (SSSR count). The summed E-state index contributed by atoms with van der Waals surface area (Å²) in [5.74, 6) is -0.171. The maximum absolute atomic E-state index is 13.0. The van der Waals surface area contributed by atoms with Crippen LogP contribution in [0, 0.1) is 5.82 Å². The molecule has 106 valence electrons. The van der Waals surface area contributed by atoms with Crippen LogP contribution < -0.4 is 0 Å². The van der Waals surface area contributed by atoms with Crippen LogP contribution in [0.4, 0.5) is 4.39 Å². The Morgan fingerprint density at radius 1 is 1.05 bits per heavy atom. The van der Waals surface area contributed by atoms with Gasteiger partial charge < -0.3 is 4.98 Å². The second kappa shape index (κ2) is 5.01. The molecule has 1 N–H and O–H groups in total. The highest BCUT2D eigenvalue weighted by Crippen LogP contribution is 2.27. The van der Waals surface area contributed by atoms with Crippen molar-refractivity contribution in [2.24, 2.45) is 0 Å². The molecule has 1 aliphatic rings. The Morgan fingerprint density at radius 2 is 1.86 bits per heavy atom. The van der Waals surface area contributed by atoms with Gasteiger partial charge in [0.2, 0.25) is 0 Å². The van der Waals surface area contributed by atoms with Crippen molar-refractivity contribution in [1.82, 2.24) is 9.88 Å². The molecule has 1 aromatic heterocycles. The molecule has 0 amide bonds. The standard InChI is InChI=1S/C18H17FN2/c19-14-7-5-13(6-8-14)11-21-10-9-16-15-3-1-2-4-17(15)20-18(16)12-21/h1-8,20H,9-12H2. The molecule has 0 atom stereocenters. The third-order valence-corrected chi connectivity index (χ3v) is 4.28. The molecule has 0 unspecified atom stereocenters. The topological polar surface area (TPSA) is 19.0 Å². The first-order valence-electron chi connectivity index (χ1n) is 7.35. The van der Waals surface area contributed by atoms with Crippen LogP contribution in [0.3, 0.4) is 0 Å². The van der Waals surface area contributed by atoms with E-state index in [2.05, 4.69) is 34.1 Å². The lowest BCUT2D eigenvalue weighted by atomic mass is 10.0. The molecule has 0 saturated heterocycles. The molecule has 3 heteroatoms. The summed E-state index contributed by atoms with van der Waals surface area (Å²) in [4.78, 5) is 5.95. The van der Waals surface area contributed by atoms with Gasteiger partial charge in [-0.1, -0.05) is 30.3 Å². The Morgan fingerprint density at radius 3 is 2.71 bits per heavy atom. The molecule has 3 aromatic rings. The summed E-state index contributed by atoms with van der Waals surface area (Å²) in [6, 6.07) is 15.3. The quantitative estimate of drug-likeness (QED) is 0.755. The Labute approximate surface area is 123 Å². The number of hydrogen-bond donors (Lipinski definition) is 1. The van der Waals surface area contributed by atoms with Gasteiger partial charge in [0.1, 0.15) is 5.82 Å². The van der Waals surface area contributed by atoms with Crippen LogP contribution in [0.2, 0.25) is 0 Å².